The molecule has 1 aromatic heterocycles. The second-order valence-electron chi connectivity index (χ2n) is 8.33. The number of esters is 2. The second-order valence-corrected chi connectivity index (χ2v) is 10.5. The Morgan fingerprint density at radius 1 is 1.31 bits per heavy atom. The minimum Gasteiger partial charge on any atom is -0.462 e. The number of hydrogen-bond acceptors (Lipinski definition) is 7. The number of nitrogens with zero attached hydrogens (tertiary/aromatic N) is 1. The summed E-state index contributed by atoms with van der Waals surface area (Å²) in [7, 11) is 0. The van der Waals surface area contributed by atoms with E-state index in [1.165, 1.54) is 30.0 Å². The highest BCUT2D eigenvalue weighted by atomic mass is 32.2. The summed E-state index contributed by atoms with van der Waals surface area (Å²) in [6.07, 6.45) is 3.43. The average Bonchev–Trinajstić information content (AvgIpc) is 3.33. The summed E-state index contributed by atoms with van der Waals surface area (Å²) in [4.78, 5) is 28.5. The van der Waals surface area contributed by atoms with Crippen LogP contribution in [0.15, 0.2) is 33.8 Å². The number of aromatic nitrogens is 1. The van der Waals surface area contributed by atoms with Crippen LogP contribution in [0.2, 0.25) is 0 Å². The van der Waals surface area contributed by atoms with Crippen LogP contribution in [0.25, 0.3) is 0 Å². The molecular formula is C22H26F3NO4S2. The molecule has 5 nitrogen and oxygen atoms in total. The first kappa shape index (κ1) is 24.8. The minimum atomic E-state index is -2.36. The molecule has 0 unspecified atom stereocenters. The standard InChI is InChI=1S/C22H26F3NO4S2/c1-13(27)29-18-6-5-14-4-3-9-22(2,10-7-16(23)19(24)25)30-20(28)17-12-32-21(26-17)31-11-8-15(14)18/h3-4,12,14-15,18H,5-11H2,1-2H3/t14-,15+,18-,22+/m0/s1. The van der Waals surface area contributed by atoms with Crippen LogP contribution in [0, 0.1) is 11.8 Å². The number of fused-ring (bicyclic) bond motifs is 3. The Morgan fingerprint density at radius 2 is 2.09 bits per heavy atom. The first-order valence-electron chi connectivity index (χ1n) is 10.5. The molecule has 176 valence electrons. The Morgan fingerprint density at radius 3 is 2.81 bits per heavy atom. The third kappa shape index (κ3) is 6.60. The normalized spacial score (nSPS) is 28.4. The molecule has 1 aromatic rings. The Hall–Kier alpha value is -1.81. The van der Waals surface area contributed by atoms with Crippen LogP contribution in [0.3, 0.4) is 0 Å². The number of thioether (sulfide) groups is 1. The second kappa shape index (κ2) is 10.9. The molecule has 10 heteroatoms. The van der Waals surface area contributed by atoms with Crippen LogP contribution in [-0.4, -0.2) is 34.4 Å². The van der Waals surface area contributed by atoms with E-state index in [4.69, 9.17) is 9.47 Å². The quantitative estimate of drug-likeness (QED) is 0.364. The van der Waals surface area contributed by atoms with E-state index in [2.05, 4.69) is 4.98 Å². The highest BCUT2D eigenvalue weighted by Crippen LogP contribution is 2.40. The van der Waals surface area contributed by atoms with Gasteiger partial charge in [0, 0.05) is 36.8 Å². The van der Waals surface area contributed by atoms with E-state index in [1.807, 2.05) is 12.2 Å². The molecule has 1 fully saturated rings. The van der Waals surface area contributed by atoms with Gasteiger partial charge in [-0.1, -0.05) is 23.9 Å². The molecule has 0 aromatic carbocycles. The van der Waals surface area contributed by atoms with Crippen molar-refractivity contribution in [2.24, 2.45) is 11.8 Å². The van der Waals surface area contributed by atoms with Crippen molar-refractivity contribution in [3.63, 3.8) is 0 Å². The van der Waals surface area contributed by atoms with Crippen LogP contribution in [-0.2, 0) is 14.3 Å². The SMILES string of the molecule is CC(=O)O[C@H]1CC[C@@H]2C=CC[C@](C)(CCC(F)=C(F)F)OC(=O)c3csc(n3)SCC[C@@H]12. The van der Waals surface area contributed by atoms with E-state index in [0.29, 0.717) is 0 Å². The van der Waals surface area contributed by atoms with Crippen LogP contribution in [0.5, 0.6) is 0 Å². The van der Waals surface area contributed by atoms with Crippen molar-refractivity contribution in [2.45, 2.75) is 68.4 Å². The molecule has 4 atom stereocenters. The zero-order valence-corrected chi connectivity index (χ0v) is 19.6. The van der Waals surface area contributed by atoms with Gasteiger partial charge in [-0.05, 0) is 38.5 Å². The lowest BCUT2D eigenvalue weighted by atomic mass is 9.89. The van der Waals surface area contributed by atoms with Gasteiger partial charge < -0.3 is 9.47 Å². The molecule has 2 bridgehead atoms. The van der Waals surface area contributed by atoms with E-state index in [9.17, 15) is 22.8 Å². The molecule has 2 aliphatic rings. The van der Waals surface area contributed by atoms with Gasteiger partial charge in [0.2, 0.25) is 0 Å². The fourth-order valence-electron chi connectivity index (χ4n) is 4.19. The largest absolute Gasteiger partial charge is 0.462 e. The van der Waals surface area contributed by atoms with Gasteiger partial charge in [-0.15, -0.1) is 11.3 Å². The molecule has 2 heterocycles. The lowest BCUT2D eigenvalue weighted by Gasteiger charge is -2.28. The number of carbonyl (C=O) groups is 2. The van der Waals surface area contributed by atoms with Gasteiger partial charge in [0.15, 0.2) is 15.9 Å². The molecule has 1 aliphatic carbocycles. The van der Waals surface area contributed by atoms with E-state index in [1.54, 1.807) is 12.3 Å². The summed E-state index contributed by atoms with van der Waals surface area (Å²) in [5.41, 5.74) is -1.03. The van der Waals surface area contributed by atoms with Crippen molar-refractivity contribution in [3.8, 4) is 0 Å². The third-order valence-electron chi connectivity index (χ3n) is 5.85. The van der Waals surface area contributed by atoms with Crippen LogP contribution in [0.1, 0.15) is 62.9 Å². The number of allylic oxidation sites excluding steroid dienone is 2. The summed E-state index contributed by atoms with van der Waals surface area (Å²) in [6, 6.07) is 0. The maximum Gasteiger partial charge on any atom is 0.358 e. The van der Waals surface area contributed by atoms with Crippen LogP contribution >= 0.6 is 23.1 Å². The highest BCUT2D eigenvalue weighted by molar-refractivity contribution is 8.01. The zero-order chi connectivity index (χ0) is 23.3. The summed E-state index contributed by atoms with van der Waals surface area (Å²) < 4.78 is 50.4. The number of ether oxygens (including phenoxy) is 2. The number of thiazole rings is 1. The van der Waals surface area contributed by atoms with E-state index >= 15 is 0 Å². The first-order valence-corrected chi connectivity index (χ1v) is 12.4. The summed E-state index contributed by atoms with van der Waals surface area (Å²) in [5.74, 6) is -1.36. The van der Waals surface area contributed by atoms with Crippen molar-refractivity contribution in [1.82, 2.24) is 4.98 Å². The predicted molar refractivity (Wildman–Crippen MR) is 116 cm³/mol. The fraction of sp³-hybridized carbons (Fsp3) is 0.591. The smallest absolute Gasteiger partial charge is 0.358 e. The molecule has 0 amide bonds. The van der Waals surface area contributed by atoms with Crippen molar-refractivity contribution < 1.29 is 32.2 Å². The third-order valence-corrected chi connectivity index (χ3v) is 7.90. The first-order chi connectivity index (χ1) is 15.2. The predicted octanol–water partition coefficient (Wildman–Crippen LogP) is 6.32. The van der Waals surface area contributed by atoms with Crippen LogP contribution < -0.4 is 0 Å². The van der Waals surface area contributed by atoms with Gasteiger partial charge in [0.05, 0.1) is 0 Å². The Labute approximate surface area is 193 Å². The summed E-state index contributed by atoms with van der Waals surface area (Å²) in [5, 5.41) is 1.60. The molecule has 0 saturated heterocycles. The zero-order valence-electron chi connectivity index (χ0n) is 17.9. The Kier molecular flexibility index (Phi) is 8.43. The van der Waals surface area contributed by atoms with Crippen molar-refractivity contribution in [3.05, 3.63) is 35.1 Å². The molecule has 1 saturated carbocycles. The number of carbonyl (C=O) groups excluding carboxylic acids is 2. The van der Waals surface area contributed by atoms with E-state index < -0.39 is 29.9 Å². The monoisotopic (exact) mass is 489 g/mol. The summed E-state index contributed by atoms with van der Waals surface area (Å²) in [6.45, 7) is 3.02. The molecule has 0 N–H and O–H groups in total. The number of rotatable bonds is 4. The Balaban J connectivity index is 1.84. The number of halogens is 3. The molecule has 32 heavy (non-hydrogen) atoms. The molecule has 1 aliphatic heterocycles. The minimum absolute atomic E-state index is 0.0951. The van der Waals surface area contributed by atoms with Gasteiger partial charge in [-0.3, -0.25) is 4.79 Å². The fourth-order valence-corrected chi connectivity index (χ4v) is 6.10. The van der Waals surface area contributed by atoms with Crippen molar-refractivity contribution >= 4 is 35.0 Å². The topological polar surface area (TPSA) is 65.5 Å². The van der Waals surface area contributed by atoms with Crippen molar-refractivity contribution in [2.75, 3.05) is 5.75 Å². The molecule has 3 rings (SSSR count). The molecule has 0 spiro atoms. The maximum atomic E-state index is 13.5. The van der Waals surface area contributed by atoms with Gasteiger partial charge in [0.25, 0.3) is 0 Å². The lowest BCUT2D eigenvalue weighted by molar-refractivity contribution is -0.148. The lowest BCUT2D eigenvalue weighted by Crippen LogP contribution is -2.32. The van der Waals surface area contributed by atoms with E-state index in [-0.39, 0.29) is 42.4 Å². The molecule has 0 radical (unpaired) electrons. The van der Waals surface area contributed by atoms with Gasteiger partial charge in [-0.25, -0.2) is 14.2 Å². The van der Waals surface area contributed by atoms with Crippen molar-refractivity contribution in [1.29, 1.82) is 0 Å². The average molecular weight is 490 g/mol. The van der Waals surface area contributed by atoms with E-state index in [0.717, 1.165) is 29.4 Å². The maximum absolute atomic E-state index is 13.5. The number of hydrogen-bond donors (Lipinski definition) is 0. The summed E-state index contributed by atoms with van der Waals surface area (Å²) >= 11 is 2.86. The van der Waals surface area contributed by atoms with Gasteiger partial charge in [0.1, 0.15) is 11.7 Å². The Bertz CT molecular complexity index is 899. The highest BCUT2D eigenvalue weighted by Gasteiger charge is 2.37. The van der Waals surface area contributed by atoms with Gasteiger partial charge in [-0.2, -0.15) is 8.78 Å². The van der Waals surface area contributed by atoms with Gasteiger partial charge >= 0.3 is 18.0 Å². The van der Waals surface area contributed by atoms with Crippen LogP contribution in [0.4, 0.5) is 13.2 Å². The molecular weight excluding hydrogens is 463 g/mol. The number of cyclic esters (lactones) is 1.